The second-order valence-electron chi connectivity index (χ2n) is 5.66. The normalized spacial score (nSPS) is 22.2. The smallest absolute Gasteiger partial charge is 0.221 e. The van der Waals surface area contributed by atoms with Crippen molar-refractivity contribution in [1.82, 2.24) is 5.32 Å². The largest absolute Gasteiger partial charge is 0.381 e. The molecule has 22 heavy (non-hydrogen) atoms. The van der Waals surface area contributed by atoms with Gasteiger partial charge in [-0.25, -0.2) is 8.42 Å². The summed E-state index contributed by atoms with van der Waals surface area (Å²) >= 11 is 0. The van der Waals surface area contributed by atoms with Crippen molar-refractivity contribution < 1.29 is 17.9 Å². The van der Waals surface area contributed by atoms with Crippen LogP contribution in [0.25, 0.3) is 0 Å². The minimum atomic E-state index is -3.39. The molecule has 1 aliphatic carbocycles. The second-order valence-corrected chi connectivity index (χ2v) is 7.77. The highest BCUT2D eigenvalue weighted by atomic mass is 32.2. The van der Waals surface area contributed by atoms with E-state index in [2.05, 4.69) is 5.32 Å². The molecule has 0 radical (unpaired) electrons. The Bertz CT molecular complexity index is 577. The van der Waals surface area contributed by atoms with E-state index in [-0.39, 0.29) is 35.1 Å². The molecule has 1 aromatic rings. The lowest BCUT2D eigenvalue weighted by Crippen LogP contribution is -2.39. The molecule has 0 aliphatic heterocycles. The van der Waals surface area contributed by atoms with Gasteiger partial charge < -0.3 is 10.1 Å². The van der Waals surface area contributed by atoms with Crippen molar-refractivity contribution in [2.75, 3.05) is 12.9 Å². The molecule has 1 amide bonds. The van der Waals surface area contributed by atoms with Crippen LogP contribution in [0.1, 0.15) is 32.1 Å². The first kappa shape index (κ1) is 17.0. The molecule has 0 unspecified atom stereocenters. The Labute approximate surface area is 132 Å². The highest BCUT2D eigenvalue weighted by Crippen LogP contribution is 2.20. The fourth-order valence-corrected chi connectivity index (χ4v) is 3.98. The van der Waals surface area contributed by atoms with E-state index in [1.54, 1.807) is 37.4 Å². The predicted molar refractivity (Wildman–Crippen MR) is 84.3 cm³/mol. The number of benzene rings is 1. The SMILES string of the molecule is COC1CCC(NC(=O)CCS(=O)(=O)c2ccccc2)CC1. The first-order valence-electron chi connectivity index (χ1n) is 7.61. The van der Waals surface area contributed by atoms with Gasteiger partial charge in [0.1, 0.15) is 0 Å². The van der Waals surface area contributed by atoms with Crippen molar-refractivity contribution in [3.05, 3.63) is 30.3 Å². The summed E-state index contributed by atoms with van der Waals surface area (Å²) in [7, 11) is -1.68. The van der Waals surface area contributed by atoms with Crippen LogP contribution in [0.15, 0.2) is 35.2 Å². The van der Waals surface area contributed by atoms with E-state index in [0.29, 0.717) is 0 Å². The third-order valence-electron chi connectivity index (χ3n) is 4.07. The number of hydrogen-bond acceptors (Lipinski definition) is 4. The molecule has 6 heteroatoms. The Morgan fingerprint density at radius 1 is 1.18 bits per heavy atom. The van der Waals surface area contributed by atoms with E-state index in [9.17, 15) is 13.2 Å². The average Bonchev–Trinajstić information content (AvgIpc) is 2.55. The van der Waals surface area contributed by atoms with Crippen LogP contribution < -0.4 is 5.32 Å². The molecule has 0 aromatic heterocycles. The van der Waals surface area contributed by atoms with Crippen LogP contribution in [0.2, 0.25) is 0 Å². The summed E-state index contributed by atoms with van der Waals surface area (Å²) < 4.78 is 29.5. The van der Waals surface area contributed by atoms with E-state index in [1.165, 1.54) is 0 Å². The van der Waals surface area contributed by atoms with Crippen LogP contribution in [-0.4, -0.2) is 39.3 Å². The Morgan fingerprint density at radius 2 is 1.82 bits per heavy atom. The summed E-state index contributed by atoms with van der Waals surface area (Å²) in [5.41, 5.74) is 0. The Morgan fingerprint density at radius 3 is 2.41 bits per heavy atom. The molecule has 0 heterocycles. The van der Waals surface area contributed by atoms with Gasteiger partial charge >= 0.3 is 0 Å². The molecular weight excluding hydrogens is 302 g/mol. The molecule has 1 aromatic carbocycles. The number of amides is 1. The number of sulfone groups is 1. The summed E-state index contributed by atoms with van der Waals surface area (Å²) in [5, 5.41) is 2.93. The number of nitrogens with one attached hydrogen (secondary N) is 1. The summed E-state index contributed by atoms with van der Waals surface area (Å²) in [4.78, 5) is 12.2. The maximum Gasteiger partial charge on any atom is 0.221 e. The van der Waals surface area contributed by atoms with Gasteiger partial charge in [0.15, 0.2) is 9.84 Å². The summed E-state index contributed by atoms with van der Waals surface area (Å²) in [5.74, 6) is -0.351. The van der Waals surface area contributed by atoms with E-state index in [1.807, 2.05) is 0 Å². The number of carbonyl (C=O) groups is 1. The number of methoxy groups -OCH3 is 1. The van der Waals surface area contributed by atoms with Gasteiger partial charge in [0.2, 0.25) is 5.91 Å². The summed E-state index contributed by atoms with van der Waals surface area (Å²) in [6.45, 7) is 0. The second kappa shape index (κ2) is 7.74. The van der Waals surface area contributed by atoms with Crippen LogP contribution in [0, 0.1) is 0 Å². The first-order chi connectivity index (χ1) is 10.5. The fraction of sp³-hybridized carbons (Fsp3) is 0.562. The highest BCUT2D eigenvalue weighted by molar-refractivity contribution is 7.91. The molecule has 0 saturated heterocycles. The maximum absolute atomic E-state index is 12.1. The van der Waals surface area contributed by atoms with Crippen molar-refractivity contribution in [2.45, 2.75) is 49.1 Å². The van der Waals surface area contributed by atoms with Gasteiger partial charge in [-0.2, -0.15) is 0 Å². The molecule has 1 aliphatic rings. The minimum absolute atomic E-state index is 0.00142. The lowest BCUT2D eigenvalue weighted by Gasteiger charge is -2.28. The number of hydrogen-bond donors (Lipinski definition) is 1. The van der Waals surface area contributed by atoms with Crippen molar-refractivity contribution >= 4 is 15.7 Å². The van der Waals surface area contributed by atoms with Gasteiger partial charge in [-0.05, 0) is 37.8 Å². The molecule has 1 saturated carbocycles. The van der Waals surface area contributed by atoms with Crippen molar-refractivity contribution in [3.63, 3.8) is 0 Å². The maximum atomic E-state index is 12.1. The molecule has 2 rings (SSSR count). The Balaban J connectivity index is 1.79. The van der Waals surface area contributed by atoms with Gasteiger partial charge in [0, 0.05) is 19.6 Å². The van der Waals surface area contributed by atoms with Crippen molar-refractivity contribution in [2.24, 2.45) is 0 Å². The highest BCUT2D eigenvalue weighted by Gasteiger charge is 2.23. The van der Waals surface area contributed by atoms with Gasteiger partial charge in [0.05, 0.1) is 16.8 Å². The molecule has 1 N–H and O–H groups in total. The van der Waals surface area contributed by atoms with Crippen molar-refractivity contribution in [1.29, 1.82) is 0 Å². The zero-order valence-electron chi connectivity index (χ0n) is 12.8. The average molecular weight is 325 g/mol. The number of carbonyl (C=O) groups excluding carboxylic acids is 1. The molecular formula is C16H23NO4S. The predicted octanol–water partition coefficient (Wildman–Crippen LogP) is 1.92. The zero-order valence-corrected chi connectivity index (χ0v) is 13.6. The summed E-state index contributed by atoms with van der Waals surface area (Å²) in [6.07, 6.45) is 3.92. The van der Waals surface area contributed by atoms with E-state index in [0.717, 1.165) is 25.7 Å². The quantitative estimate of drug-likeness (QED) is 0.867. The third-order valence-corrected chi connectivity index (χ3v) is 5.80. The van der Waals surface area contributed by atoms with Crippen LogP contribution in [0.3, 0.4) is 0 Å². The van der Waals surface area contributed by atoms with Gasteiger partial charge in [-0.3, -0.25) is 4.79 Å². The van der Waals surface area contributed by atoms with Gasteiger partial charge in [-0.1, -0.05) is 18.2 Å². The van der Waals surface area contributed by atoms with Crippen molar-refractivity contribution in [3.8, 4) is 0 Å². The Kier molecular flexibility index (Phi) is 5.97. The molecule has 0 spiro atoms. The number of rotatable bonds is 6. The third kappa shape index (κ3) is 4.81. The zero-order chi connectivity index (χ0) is 16.0. The first-order valence-corrected chi connectivity index (χ1v) is 9.26. The summed E-state index contributed by atoms with van der Waals surface area (Å²) in [6, 6.07) is 8.38. The van der Waals surface area contributed by atoms with E-state index >= 15 is 0 Å². The Hall–Kier alpha value is -1.40. The number of ether oxygens (including phenoxy) is 1. The van der Waals surface area contributed by atoms with Gasteiger partial charge in [-0.15, -0.1) is 0 Å². The topological polar surface area (TPSA) is 72.5 Å². The van der Waals surface area contributed by atoms with E-state index in [4.69, 9.17) is 4.74 Å². The minimum Gasteiger partial charge on any atom is -0.381 e. The van der Waals surface area contributed by atoms with Gasteiger partial charge in [0.25, 0.3) is 0 Å². The lowest BCUT2D eigenvalue weighted by atomic mass is 9.93. The molecule has 0 atom stereocenters. The van der Waals surface area contributed by atoms with Crippen LogP contribution in [0.5, 0.6) is 0 Å². The molecule has 1 fully saturated rings. The van der Waals surface area contributed by atoms with E-state index < -0.39 is 9.84 Å². The fourth-order valence-electron chi connectivity index (χ4n) is 2.72. The monoisotopic (exact) mass is 325 g/mol. The molecule has 5 nitrogen and oxygen atoms in total. The molecule has 0 bridgehead atoms. The van der Waals surface area contributed by atoms with Crippen LogP contribution in [-0.2, 0) is 19.4 Å². The van der Waals surface area contributed by atoms with Crippen LogP contribution in [0.4, 0.5) is 0 Å². The standard InChI is InChI=1S/C16H23NO4S/c1-21-14-9-7-13(8-10-14)17-16(18)11-12-22(19,20)15-5-3-2-4-6-15/h2-6,13-14H,7-12H2,1H3,(H,17,18). The molecule has 122 valence electrons. The van der Waals surface area contributed by atoms with Crippen LogP contribution >= 0.6 is 0 Å². The lowest BCUT2D eigenvalue weighted by molar-refractivity contribution is -0.121.